The molecule has 0 fully saturated rings. The van der Waals surface area contributed by atoms with Crippen molar-refractivity contribution in [2.45, 2.75) is 24.2 Å². The third-order valence-corrected chi connectivity index (χ3v) is 7.12. The van der Waals surface area contributed by atoms with Gasteiger partial charge in [0.15, 0.2) is 5.13 Å². The zero-order valence-corrected chi connectivity index (χ0v) is 18.3. The quantitative estimate of drug-likeness (QED) is 0.359. The molecule has 0 bridgehead atoms. The molecule has 0 saturated carbocycles. The first kappa shape index (κ1) is 21.1. The normalized spacial score (nSPS) is 11.5. The lowest BCUT2D eigenvalue weighted by molar-refractivity contribution is -0.121. The van der Waals surface area contributed by atoms with Crippen molar-refractivity contribution in [3.05, 3.63) is 77.4 Å². The van der Waals surface area contributed by atoms with Gasteiger partial charge in [-0.15, -0.1) is 11.3 Å². The highest BCUT2D eigenvalue weighted by molar-refractivity contribution is 7.93. The molecule has 2 heterocycles. The van der Waals surface area contributed by atoms with Crippen LogP contribution in [0.2, 0.25) is 0 Å². The van der Waals surface area contributed by atoms with Gasteiger partial charge in [-0.3, -0.25) is 9.52 Å². The van der Waals surface area contributed by atoms with Crippen molar-refractivity contribution >= 4 is 43.3 Å². The molecule has 7 nitrogen and oxygen atoms in total. The lowest BCUT2D eigenvalue weighted by atomic mass is 10.1. The summed E-state index contributed by atoms with van der Waals surface area (Å²) in [5.74, 6) is -0.0562. The van der Waals surface area contributed by atoms with E-state index in [0.717, 1.165) is 11.9 Å². The molecule has 4 aromatic rings. The minimum atomic E-state index is -3.66. The van der Waals surface area contributed by atoms with E-state index in [1.54, 1.807) is 23.6 Å². The predicted octanol–water partition coefficient (Wildman–Crippen LogP) is 3.72. The van der Waals surface area contributed by atoms with E-state index in [1.807, 2.05) is 24.4 Å². The lowest BCUT2D eigenvalue weighted by Gasteiger charge is -2.05. The molecule has 0 aliphatic heterocycles. The number of aromatic amines is 1. The third-order valence-electron chi connectivity index (χ3n) is 4.83. The van der Waals surface area contributed by atoms with Gasteiger partial charge in [0.2, 0.25) is 5.91 Å². The highest BCUT2D eigenvalue weighted by Crippen LogP contribution is 2.21. The first-order chi connectivity index (χ1) is 15.0. The Morgan fingerprint density at radius 1 is 1.03 bits per heavy atom. The van der Waals surface area contributed by atoms with Gasteiger partial charge in [-0.1, -0.05) is 36.4 Å². The Morgan fingerprint density at radius 3 is 2.65 bits per heavy atom. The Bertz CT molecular complexity index is 1280. The van der Waals surface area contributed by atoms with E-state index in [2.05, 4.69) is 26.1 Å². The van der Waals surface area contributed by atoms with Crippen molar-refractivity contribution in [3.63, 3.8) is 0 Å². The van der Waals surface area contributed by atoms with Gasteiger partial charge in [0, 0.05) is 35.4 Å². The van der Waals surface area contributed by atoms with E-state index in [-0.39, 0.29) is 10.8 Å². The molecule has 9 heteroatoms. The number of nitrogens with zero attached hydrogens (tertiary/aromatic N) is 1. The van der Waals surface area contributed by atoms with Crippen molar-refractivity contribution in [3.8, 4) is 0 Å². The number of aromatic nitrogens is 2. The van der Waals surface area contributed by atoms with Gasteiger partial charge in [-0.25, -0.2) is 13.4 Å². The standard InChI is InChI=1S/C22H22N4O3S2/c27-21(23-13-12-16-14-24-20-9-5-4-8-19(16)20)11-10-17-15-30-22(25-17)26-31(28,29)18-6-2-1-3-7-18/h1-9,14-15,24H,10-13H2,(H,23,27)(H,25,26). The maximum Gasteiger partial charge on any atom is 0.263 e. The number of hydrogen-bond acceptors (Lipinski definition) is 5. The fourth-order valence-corrected chi connectivity index (χ4v) is 5.27. The monoisotopic (exact) mass is 454 g/mol. The molecule has 0 spiro atoms. The molecule has 2 aromatic carbocycles. The van der Waals surface area contributed by atoms with Crippen LogP contribution >= 0.6 is 11.3 Å². The van der Waals surface area contributed by atoms with Crippen LogP contribution in [0.15, 0.2) is 71.1 Å². The number of thiazole rings is 1. The summed E-state index contributed by atoms with van der Waals surface area (Å²) in [6.07, 6.45) is 3.47. The first-order valence-electron chi connectivity index (χ1n) is 9.85. The molecule has 2 aromatic heterocycles. The Balaban J connectivity index is 1.24. The third kappa shape index (κ3) is 5.31. The fourth-order valence-electron chi connectivity index (χ4n) is 3.25. The fraction of sp³-hybridized carbons (Fsp3) is 0.182. The number of fused-ring (bicyclic) bond motifs is 1. The van der Waals surface area contributed by atoms with Crippen LogP contribution in [-0.2, 0) is 27.7 Å². The number of benzene rings is 2. The minimum absolute atomic E-state index is 0.0562. The summed E-state index contributed by atoms with van der Waals surface area (Å²) in [7, 11) is -3.66. The number of anilines is 1. The zero-order valence-electron chi connectivity index (χ0n) is 16.7. The van der Waals surface area contributed by atoms with Crippen molar-refractivity contribution in [1.29, 1.82) is 0 Å². The number of carbonyl (C=O) groups excluding carboxylic acids is 1. The second kappa shape index (κ2) is 9.32. The maximum absolute atomic E-state index is 12.4. The number of amides is 1. The number of hydrogen-bond donors (Lipinski definition) is 3. The van der Waals surface area contributed by atoms with Crippen molar-refractivity contribution in [2.75, 3.05) is 11.3 Å². The van der Waals surface area contributed by atoms with Crippen molar-refractivity contribution in [1.82, 2.24) is 15.3 Å². The molecule has 31 heavy (non-hydrogen) atoms. The Kier molecular flexibility index (Phi) is 6.34. The van der Waals surface area contributed by atoms with E-state index < -0.39 is 10.0 Å². The number of H-pyrrole nitrogens is 1. The highest BCUT2D eigenvalue weighted by Gasteiger charge is 2.16. The van der Waals surface area contributed by atoms with Crippen LogP contribution < -0.4 is 10.0 Å². The second-order valence-electron chi connectivity index (χ2n) is 7.02. The predicted molar refractivity (Wildman–Crippen MR) is 123 cm³/mol. The number of rotatable bonds is 9. The molecular formula is C22H22N4O3S2. The van der Waals surface area contributed by atoms with Crippen LogP contribution in [0, 0.1) is 0 Å². The SMILES string of the molecule is O=C(CCc1csc(NS(=O)(=O)c2ccccc2)n1)NCCc1c[nH]c2ccccc12. The Labute approximate surface area is 184 Å². The molecule has 4 rings (SSSR count). The van der Waals surface area contributed by atoms with E-state index in [9.17, 15) is 13.2 Å². The van der Waals surface area contributed by atoms with Gasteiger partial charge >= 0.3 is 0 Å². The maximum atomic E-state index is 12.4. The van der Waals surface area contributed by atoms with Gasteiger partial charge in [-0.2, -0.15) is 0 Å². The largest absolute Gasteiger partial charge is 0.361 e. The van der Waals surface area contributed by atoms with Crippen LogP contribution in [0.4, 0.5) is 5.13 Å². The van der Waals surface area contributed by atoms with Crippen LogP contribution in [0.1, 0.15) is 17.7 Å². The summed E-state index contributed by atoms with van der Waals surface area (Å²) in [4.78, 5) is 19.9. The summed E-state index contributed by atoms with van der Waals surface area (Å²) in [5.41, 5.74) is 2.94. The highest BCUT2D eigenvalue weighted by atomic mass is 32.2. The molecule has 1 amide bonds. The number of nitrogens with one attached hydrogen (secondary N) is 3. The molecular weight excluding hydrogens is 432 g/mol. The number of para-hydroxylation sites is 1. The average Bonchev–Trinajstić information content (AvgIpc) is 3.39. The van der Waals surface area contributed by atoms with Gasteiger partial charge in [0.05, 0.1) is 10.6 Å². The summed E-state index contributed by atoms with van der Waals surface area (Å²) >= 11 is 1.20. The molecule has 0 aliphatic carbocycles. The Hall–Kier alpha value is -3.17. The van der Waals surface area contributed by atoms with Gasteiger partial charge in [0.25, 0.3) is 10.0 Å². The summed E-state index contributed by atoms with van der Waals surface area (Å²) in [6.45, 7) is 0.555. The summed E-state index contributed by atoms with van der Waals surface area (Å²) < 4.78 is 27.2. The molecule has 0 radical (unpaired) electrons. The second-order valence-corrected chi connectivity index (χ2v) is 9.56. The number of carbonyl (C=O) groups is 1. The van der Waals surface area contributed by atoms with Crippen LogP contribution in [0.25, 0.3) is 10.9 Å². The van der Waals surface area contributed by atoms with Crippen molar-refractivity contribution < 1.29 is 13.2 Å². The zero-order chi connectivity index (χ0) is 21.7. The van der Waals surface area contributed by atoms with E-state index in [4.69, 9.17) is 0 Å². The van der Waals surface area contributed by atoms with E-state index >= 15 is 0 Å². The van der Waals surface area contributed by atoms with Crippen LogP contribution in [-0.4, -0.2) is 30.8 Å². The summed E-state index contributed by atoms with van der Waals surface area (Å²) in [5, 5.41) is 6.16. The summed E-state index contributed by atoms with van der Waals surface area (Å²) in [6, 6.07) is 16.2. The average molecular weight is 455 g/mol. The van der Waals surface area contributed by atoms with Crippen LogP contribution in [0.5, 0.6) is 0 Å². The van der Waals surface area contributed by atoms with Gasteiger partial charge in [0.1, 0.15) is 0 Å². The molecule has 0 saturated heterocycles. The molecule has 3 N–H and O–H groups in total. The topological polar surface area (TPSA) is 104 Å². The molecule has 0 unspecified atom stereocenters. The smallest absolute Gasteiger partial charge is 0.263 e. The first-order valence-corrected chi connectivity index (χ1v) is 12.2. The van der Waals surface area contributed by atoms with Gasteiger partial charge < -0.3 is 10.3 Å². The molecule has 0 atom stereocenters. The van der Waals surface area contributed by atoms with Crippen LogP contribution in [0.3, 0.4) is 0 Å². The molecule has 160 valence electrons. The number of sulfonamides is 1. The van der Waals surface area contributed by atoms with Gasteiger partial charge in [-0.05, 0) is 36.6 Å². The lowest BCUT2D eigenvalue weighted by Crippen LogP contribution is -2.25. The number of aryl methyl sites for hydroxylation is 1. The van der Waals surface area contributed by atoms with E-state index in [1.165, 1.54) is 34.4 Å². The van der Waals surface area contributed by atoms with Crippen molar-refractivity contribution in [2.24, 2.45) is 0 Å². The molecule has 0 aliphatic rings. The van der Waals surface area contributed by atoms with E-state index in [0.29, 0.717) is 30.2 Å². The minimum Gasteiger partial charge on any atom is -0.361 e. The Morgan fingerprint density at radius 2 is 1.81 bits per heavy atom.